The van der Waals surface area contributed by atoms with Gasteiger partial charge in [0.05, 0.1) is 12.2 Å². The largest absolute Gasteiger partial charge is 0.410 e. The molecule has 0 bridgehead atoms. The molecule has 0 radical (unpaired) electrons. The molecule has 0 heterocycles. The molecule has 1 aliphatic rings. The molecule has 1 N–H and O–H groups in total. The minimum atomic E-state index is -1.90. The normalized spacial score (nSPS) is 23.3. The van der Waals surface area contributed by atoms with Crippen LogP contribution in [0.25, 0.3) is 0 Å². The maximum atomic E-state index is 11.5. The van der Waals surface area contributed by atoms with E-state index in [2.05, 4.69) is 104 Å². The van der Waals surface area contributed by atoms with Crippen LogP contribution in [-0.4, -0.2) is 33.7 Å². The van der Waals surface area contributed by atoms with E-state index in [0.29, 0.717) is 16.6 Å². The van der Waals surface area contributed by atoms with Crippen LogP contribution < -0.4 is 0 Å². The van der Waals surface area contributed by atoms with E-state index >= 15 is 0 Å². The highest BCUT2D eigenvalue weighted by Crippen LogP contribution is 2.47. The monoisotopic (exact) mass is 474 g/mol. The number of rotatable bonds is 11. The van der Waals surface area contributed by atoms with Crippen molar-refractivity contribution in [3.8, 4) is 0 Å². The average molecular weight is 475 g/mol. The van der Waals surface area contributed by atoms with Crippen LogP contribution in [0.4, 0.5) is 0 Å². The molecule has 0 saturated carbocycles. The van der Waals surface area contributed by atoms with Gasteiger partial charge in [0, 0.05) is 13.5 Å². The minimum absolute atomic E-state index is 0.100. The number of hydrogen-bond acceptors (Lipinski definition) is 2. The van der Waals surface area contributed by atoms with Crippen molar-refractivity contribution in [2.75, 3.05) is 0 Å². The van der Waals surface area contributed by atoms with Crippen LogP contribution in [-0.2, 0) is 10.8 Å². The summed E-state index contributed by atoms with van der Waals surface area (Å²) in [7, 11) is -3.25. The van der Waals surface area contributed by atoms with Crippen LogP contribution in [0.2, 0.25) is 42.3 Å². The summed E-state index contributed by atoms with van der Waals surface area (Å²) < 4.78 is 7.08. The number of hydrogen-bond donors (Lipinski definition) is 1. The predicted octanol–water partition coefficient (Wildman–Crippen LogP) is 8.22. The molecule has 0 saturated heterocycles. The first-order chi connectivity index (χ1) is 14.8. The minimum Gasteiger partial charge on any atom is -0.410 e. The third-order valence-corrected chi connectivity index (χ3v) is 15.5. The first kappa shape index (κ1) is 27.6. The van der Waals surface area contributed by atoms with Crippen molar-refractivity contribution in [2.45, 2.75) is 122 Å². The summed E-state index contributed by atoms with van der Waals surface area (Å²) in [6.45, 7) is 21.5. The molecule has 3 atom stereocenters. The first-order valence-corrected chi connectivity index (χ1v) is 18.8. The zero-order valence-electron chi connectivity index (χ0n) is 22.3. The Hall–Kier alpha value is -0.686. The Balaban J connectivity index is 2.22. The van der Waals surface area contributed by atoms with Crippen molar-refractivity contribution in [2.24, 2.45) is 5.41 Å². The molecule has 1 aliphatic carbocycles. The van der Waals surface area contributed by atoms with E-state index < -0.39 is 16.4 Å². The molecule has 0 amide bonds. The molecular weight excluding hydrogens is 424 g/mol. The van der Waals surface area contributed by atoms with Gasteiger partial charge in [0.2, 0.25) is 8.32 Å². The molecule has 32 heavy (non-hydrogen) atoms. The fourth-order valence-corrected chi connectivity index (χ4v) is 14.5. The molecule has 0 aliphatic heterocycles. The fraction of sp³-hybridized carbons (Fsp3) is 0.714. The van der Waals surface area contributed by atoms with Crippen LogP contribution in [0.15, 0.2) is 42.5 Å². The van der Waals surface area contributed by atoms with Gasteiger partial charge in [-0.3, -0.25) is 0 Å². The van der Waals surface area contributed by atoms with Crippen LogP contribution in [0.1, 0.15) is 66.4 Å². The van der Waals surface area contributed by atoms with Crippen molar-refractivity contribution < 1.29 is 9.53 Å². The Morgan fingerprint density at radius 2 is 1.53 bits per heavy atom. The van der Waals surface area contributed by atoms with E-state index in [-0.39, 0.29) is 17.6 Å². The van der Waals surface area contributed by atoms with Crippen molar-refractivity contribution in [1.82, 2.24) is 0 Å². The number of aryl methyl sites for hydroxylation is 1. The van der Waals surface area contributed by atoms with Gasteiger partial charge >= 0.3 is 0 Å². The quantitative estimate of drug-likeness (QED) is 0.258. The van der Waals surface area contributed by atoms with E-state index in [9.17, 15) is 5.11 Å². The van der Waals surface area contributed by atoms with Gasteiger partial charge < -0.3 is 9.53 Å². The summed E-state index contributed by atoms with van der Waals surface area (Å²) in [4.78, 5) is 0. The van der Waals surface area contributed by atoms with E-state index in [4.69, 9.17) is 4.43 Å². The third kappa shape index (κ3) is 6.68. The highest BCUT2D eigenvalue weighted by Gasteiger charge is 2.48. The van der Waals surface area contributed by atoms with Gasteiger partial charge in [0.25, 0.3) is 0 Å². The lowest BCUT2D eigenvalue weighted by atomic mass is 9.73. The summed E-state index contributed by atoms with van der Waals surface area (Å²) in [6, 6.07) is 11.7. The lowest BCUT2D eigenvalue weighted by Gasteiger charge is -2.47. The third-order valence-electron chi connectivity index (χ3n) is 7.67. The maximum absolute atomic E-state index is 11.5. The van der Waals surface area contributed by atoms with Crippen LogP contribution in [0, 0.1) is 5.41 Å². The van der Waals surface area contributed by atoms with Gasteiger partial charge in [-0.25, -0.2) is 0 Å². The molecule has 2 rings (SSSR count). The molecule has 1 aromatic rings. The van der Waals surface area contributed by atoms with Crippen LogP contribution >= 0.6 is 0 Å². The number of aliphatic hydroxyl groups is 1. The van der Waals surface area contributed by atoms with E-state index in [1.165, 1.54) is 5.56 Å². The van der Waals surface area contributed by atoms with Crippen molar-refractivity contribution in [3.05, 3.63) is 48.0 Å². The van der Waals surface area contributed by atoms with Gasteiger partial charge in [0.1, 0.15) is 0 Å². The second kappa shape index (κ2) is 11.2. The molecular formula is C28H50O2Si2. The molecule has 2 nitrogen and oxygen atoms in total. The summed E-state index contributed by atoms with van der Waals surface area (Å²) >= 11 is 0. The van der Waals surface area contributed by atoms with Gasteiger partial charge in [-0.15, -0.1) is 0 Å². The maximum Gasteiger partial charge on any atom is 0.201 e. The second-order valence-corrected chi connectivity index (χ2v) is 23.3. The van der Waals surface area contributed by atoms with Gasteiger partial charge in [-0.1, -0.05) is 104 Å². The Morgan fingerprint density at radius 1 is 0.969 bits per heavy atom. The van der Waals surface area contributed by atoms with E-state index in [0.717, 1.165) is 31.7 Å². The molecule has 0 spiro atoms. The van der Waals surface area contributed by atoms with Gasteiger partial charge in [-0.05, 0) is 53.9 Å². The predicted molar refractivity (Wildman–Crippen MR) is 146 cm³/mol. The van der Waals surface area contributed by atoms with Crippen molar-refractivity contribution in [3.63, 3.8) is 0 Å². The first-order valence-electron chi connectivity index (χ1n) is 12.9. The topological polar surface area (TPSA) is 29.5 Å². The lowest BCUT2D eigenvalue weighted by molar-refractivity contribution is 0.0408. The standard InChI is InChI=1S/C28H50O2Si2/c1-22(2)32(23(3)4,24(5)6)30-26-17-19-28(20-18-26,21-31(7,8)9)27(29)16-15-25-13-11-10-12-14-25/h10-14,17,19,22-24,26-27,29H,15-16,18,20-21H2,1-9H3/t26-,27+,28-/m1/s1. The average Bonchev–Trinajstić information content (AvgIpc) is 2.70. The molecule has 0 fully saturated rings. The molecule has 0 aromatic heterocycles. The summed E-state index contributed by atoms with van der Waals surface area (Å²) in [5.41, 5.74) is 3.01. The Morgan fingerprint density at radius 3 is 1.97 bits per heavy atom. The molecule has 1 aromatic carbocycles. The van der Waals surface area contributed by atoms with Crippen LogP contribution in [0.5, 0.6) is 0 Å². The van der Waals surface area contributed by atoms with Crippen molar-refractivity contribution >= 4 is 16.4 Å². The smallest absolute Gasteiger partial charge is 0.201 e. The van der Waals surface area contributed by atoms with Gasteiger partial charge in [-0.2, -0.15) is 0 Å². The summed E-state index contributed by atoms with van der Waals surface area (Å²) in [6.07, 6.45) is 8.45. The molecule has 4 heteroatoms. The highest BCUT2D eigenvalue weighted by atomic mass is 28.4. The summed E-state index contributed by atoms with van der Waals surface area (Å²) in [5, 5.41) is 11.5. The zero-order valence-corrected chi connectivity index (χ0v) is 24.3. The number of benzene rings is 1. The SMILES string of the molecule is CC(C)[Si](O[C@@H]1C=C[C@@](C[Si](C)(C)C)([C@@H](O)CCc2ccccc2)CC1)(C(C)C)C(C)C. The zero-order chi connectivity index (χ0) is 24.2. The highest BCUT2D eigenvalue weighted by molar-refractivity contribution is 6.77. The fourth-order valence-electron chi connectivity index (χ4n) is 6.42. The van der Waals surface area contributed by atoms with Crippen molar-refractivity contribution in [1.29, 1.82) is 0 Å². The second-order valence-electron chi connectivity index (χ2n) is 12.4. The van der Waals surface area contributed by atoms with E-state index in [1.54, 1.807) is 0 Å². The Kier molecular flexibility index (Phi) is 9.61. The Bertz CT molecular complexity index is 699. The van der Waals surface area contributed by atoms with Gasteiger partial charge in [0.15, 0.2) is 0 Å². The van der Waals surface area contributed by atoms with E-state index in [1.807, 2.05) is 0 Å². The molecule has 182 valence electrons. The van der Waals surface area contributed by atoms with Crippen LogP contribution in [0.3, 0.4) is 0 Å². The number of aliphatic hydroxyl groups excluding tert-OH is 1. The lowest BCUT2D eigenvalue weighted by Crippen LogP contribution is -2.51. The Labute approximate surface area is 201 Å². The molecule has 0 unspecified atom stereocenters. The summed E-state index contributed by atoms with van der Waals surface area (Å²) in [5.74, 6) is 0.